The summed E-state index contributed by atoms with van der Waals surface area (Å²) in [4.78, 5) is 23.8. The van der Waals surface area contributed by atoms with E-state index in [1.165, 1.54) is 28.8 Å². The van der Waals surface area contributed by atoms with Crippen LogP contribution in [0, 0.1) is 10.1 Å². The molecule has 1 aliphatic heterocycles. The van der Waals surface area contributed by atoms with Crippen molar-refractivity contribution in [1.82, 2.24) is 4.90 Å². The smallest absolute Gasteiger partial charge is 0.269 e. The van der Waals surface area contributed by atoms with Gasteiger partial charge in [-0.3, -0.25) is 19.8 Å². The van der Waals surface area contributed by atoms with Crippen LogP contribution in [0.25, 0.3) is 6.08 Å². The van der Waals surface area contributed by atoms with Gasteiger partial charge in [-0.2, -0.15) is 0 Å². The molecule has 1 aromatic carbocycles. The molecule has 1 aromatic rings. The Balaban J connectivity index is 2.09. The molecule has 0 saturated carbocycles. The van der Waals surface area contributed by atoms with E-state index in [9.17, 15) is 14.9 Å². The van der Waals surface area contributed by atoms with Crippen molar-refractivity contribution in [2.75, 3.05) is 7.05 Å². The summed E-state index contributed by atoms with van der Waals surface area (Å²) in [5.41, 5.74) is 0.868. The Morgan fingerprint density at radius 1 is 1.35 bits per heavy atom. The lowest BCUT2D eigenvalue weighted by atomic mass is 10.2. The number of carbonyl (C=O) groups is 1. The number of hydrogen-bond acceptors (Lipinski definition) is 5. The lowest BCUT2D eigenvalue weighted by Gasteiger charge is -2.03. The van der Waals surface area contributed by atoms with Gasteiger partial charge in [0.1, 0.15) is 4.32 Å². The van der Waals surface area contributed by atoms with Crippen molar-refractivity contribution in [3.05, 3.63) is 57.0 Å². The molecule has 1 heterocycles. The van der Waals surface area contributed by atoms with Gasteiger partial charge in [0.25, 0.3) is 11.6 Å². The number of carbonyl (C=O) groups excluding carboxylic acids is 1. The number of allylic oxidation sites excluding steroid dienone is 2. The summed E-state index contributed by atoms with van der Waals surface area (Å²) in [7, 11) is 1.64. The molecule has 2 rings (SSSR count). The normalized spacial score (nSPS) is 17.4. The standard InChI is InChI=1S/C13H10N2O3S2/c1-14-12(16)11(20-13(14)19)4-2-3-9-5-7-10(8-6-9)15(17)18/h2-8H,1H3/b3-2+,11-4-. The fourth-order valence-corrected chi connectivity index (χ4v) is 2.64. The number of thiocarbonyl (C=S) groups is 1. The number of likely N-dealkylation sites (N-methyl/N-ethyl adjacent to an activating group) is 1. The van der Waals surface area contributed by atoms with Crippen molar-refractivity contribution in [2.45, 2.75) is 0 Å². The van der Waals surface area contributed by atoms with Crippen molar-refractivity contribution < 1.29 is 9.72 Å². The molecule has 0 spiro atoms. The highest BCUT2D eigenvalue weighted by Crippen LogP contribution is 2.29. The Hall–Kier alpha value is -1.99. The highest BCUT2D eigenvalue weighted by atomic mass is 32.2. The third-order valence-electron chi connectivity index (χ3n) is 2.63. The third-order valence-corrected chi connectivity index (χ3v) is 4.13. The van der Waals surface area contributed by atoms with Crippen LogP contribution >= 0.6 is 24.0 Å². The van der Waals surface area contributed by atoms with Gasteiger partial charge in [0, 0.05) is 19.2 Å². The van der Waals surface area contributed by atoms with E-state index in [-0.39, 0.29) is 11.6 Å². The molecule has 0 unspecified atom stereocenters. The van der Waals surface area contributed by atoms with Crippen molar-refractivity contribution in [3.8, 4) is 0 Å². The Kier molecular flexibility index (Phi) is 4.31. The lowest BCUT2D eigenvalue weighted by Crippen LogP contribution is -2.22. The predicted molar refractivity (Wildman–Crippen MR) is 83.2 cm³/mol. The third kappa shape index (κ3) is 3.12. The van der Waals surface area contributed by atoms with Gasteiger partial charge in [-0.25, -0.2) is 0 Å². The molecule has 1 saturated heterocycles. The summed E-state index contributed by atoms with van der Waals surface area (Å²) in [5, 5.41) is 10.5. The minimum absolute atomic E-state index is 0.0500. The quantitative estimate of drug-likeness (QED) is 0.372. The van der Waals surface area contributed by atoms with Crippen LogP contribution in [0.15, 0.2) is 41.3 Å². The van der Waals surface area contributed by atoms with E-state index in [2.05, 4.69) is 0 Å². The molecule has 0 aromatic heterocycles. The molecule has 7 heteroatoms. The van der Waals surface area contributed by atoms with Gasteiger partial charge in [0.2, 0.25) is 0 Å². The zero-order valence-electron chi connectivity index (χ0n) is 10.5. The van der Waals surface area contributed by atoms with Crippen LogP contribution in [0.3, 0.4) is 0 Å². The average molecular weight is 306 g/mol. The van der Waals surface area contributed by atoms with Gasteiger partial charge in [-0.05, 0) is 23.8 Å². The number of non-ortho nitro benzene ring substituents is 1. The second-order valence-electron chi connectivity index (χ2n) is 3.97. The number of hydrogen-bond donors (Lipinski definition) is 0. The van der Waals surface area contributed by atoms with Crippen molar-refractivity contribution >= 4 is 46.0 Å². The first-order chi connectivity index (χ1) is 9.49. The van der Waals surface area contributed by atoms with Crippen LogP contribution in [0.4, 0.5) is 5.69 Å². The minimum atomic E-state index is -0.444. The van der Waals surface area contributed by atoms with Gasteiger partial charge in [0.15, 0.2) is 0 Å². The maximum Gasteiger partial charge on any atom is 0.269 e. The molecule has 0 aliphatic carbocycles. The molecule has 0 radical (unpaired) electrons. The van der Waals surface area contributed by atoms with Gasteiger partial charge in [-0.15, -0.1) is 0 Å². The number of amides is 1. The number of nitro groups is 1. The zero-order chi connectivity index (χ0) is 14.7. The van der Waals surface area contributed by atoms with Gasteiger partial charge >= 0.3 is 0 Å². The average Bonchev–Trinajstić information content (AvgIpc) is 2.67. The Morgan fingerprint density at radius 3 is 2.50 bits per heavy atom. The summed E-state index contributed by atoms with van der Waals surface area (Å²) in [5.74, 6) is -0.117. The van der Waals surface area contributed by atoms with E-state index in [1.807, 2.05) is 0 Å². The highest BCUT2D eigenvalue weighted by molar-refractivity contribution is 8.26. The van der Waals surface area contributed by atoms with Crippen LogP contribution < -0.4 is 0 Å². The number of benzene rings is 1. The first-order valence-corrected chi connectivity index (χ1v) is 6.84. The van der Waals surface area contributed by atoms with E-state index in [0.717, 1.165) is 5.56 Å². The van der Waals surface area contributed by atoms with Gasteiger partial charge in [-0.1, -0.05) is 36.1 Å². The van der Waals surface area contributed by atoms with Crippen molar-refractivity contribution in [1.29, 1.82) is 0 Å². The molecular weight excluding hydrogens is 296 g/mol. The van der Waals surface area contributed by atoms with Crippen LogP contribution in [0.2, 0.25) is 0 Å². The molecule has 102 valence electrons. The number of rotatable bonds is 3. The van der Waals surface area contributed by atoms with E-state index >= 15 is 0 Å². The van der Waals surface area contributed by atoms with E-state index in [1.54, 1.807) is 37.4 Å². The van der Waals surface area contributed by atoms with Gasteiger partial charge in [0.05, 0.1) is 9.83 Å². The Bertz CT molecular complexity index is 636. The van der Waals surface area contributed by atoms with E-state index in [0.29, 0.717) is 9.23 Å². The molecule has 20 heavy (non-hydrogen) atoms. The molecule has 5 nitrogen and oxygen atoms in total. The molecule has 0 N–H and O–H groups in total. The molecular formula is C13H10N2O3S2. The number of thioether (sulfide) groups is 1. The maximum atomic E-state index is 11.7. The van der Waals surface area contributed by atoms with Gasteiger partial charge < -0.3 is 0 Å². The van der Waals surface area contributed by atoms with Crippen LogP contribution in [0.5, 0.6) is 0 Å². The SMILES string of the molecule is CN1C(=O)/C(=C/C=C/c2ccc([N+](=O)[O-])cc2)SC1=S. The first kappa shape index (κ1) is 14.4. The van der Waals surface area contributed by atoms with Crippen LogP contribution in [-0.4, -0.2) is 27.1 Å². The predicted octanol–water partition coefficient (Wildman–Crippen LogP) is 2.98. The zero-order valence-corrected chi connectivity index (χ0v) is 12.1. The molecule has 0 atom stereocenters. The fourth-order valence-electron chi connectivity index (χ4n) is 1.51. The molecule has 1 aliphatic rings. The molecule has 1 amide bonds. The van der Waals surface area contributed by atoms with E-state index < -0.39 is 4.92 Å². The van der Waals surface area contributed by atoms with Crippen molar-refractivity contribution in [2.24, 2.45) is 0 Å². The maximum absolute atomic E-state index is 11.7. The fraction of sp³-hybridized carbons (Fsp3) is 0.0769. The first-order valence-electron chi connectivity index (χ1n) is 5.62. The summed E-state index contributed by atoms with van der Waals surface area (Å²) < 4.78 is 0.532. The van der Waals surface area contributed by atoms with Crippen molar-refractivity contribution in [3.63, 3.8) is 0 Å². The molecule has 1 fully saturated rings. The monoisotopic (exact) mass is 306 g/mol. The summed E-state index contributed by atoms with van der Waals surface area (Å²) in [6.45, 7) is 0. The number of nitro benzene ring substituents is 1. The topological polar surface area (TPSA) is 63.5 Å². The minimum Gasteiger partial charge on any atom is -0.296 e. The number of nitrogens with zero attached hydrogens (tertiary/aromatic N) is 2. The summed E-state index contributed by atoms with van der Waals surface area (Å²) in [6.07, 6.45) is 5.18. The van der Waals surface area contributed by atoms with E-state index in [4.69, 9.17) is 12.2 Å². The highest BCUT2D eigenvalue weighted by Gasteiger charge is 2.27. The largest absolute Gasteiger partial charge is 0.296 e. The second kappa shape index (κ2) is 5.98. The Labute approximate surface area is 125 Å². The van der Waals surface area contributed by atoms with Crippen LogP contribution in [-0.2, 0) is 4.79 Å². The molecule has 0 bridgehead atoms. The Morgan fingerprint density at radius 2 is 2.00 bits per heavy atom. The summed E-state index contributed by atoms with van der Waals surface area (Å²) in [6, 6.07) is 6.16. The second-order valence-corrected chi connectivity index (χ2v) is 5.65. The summed E-state index contributed by atoms with van der Waals surface area (Å²) >= 11 is 6.27. The lowest BCUT2D eigenvalue weighted by molar-refractivity contribution is -0.384. The van der Waals surface area contributed by atoms with Crippen LogP contribution in [0.1, 0.15) is 5.56 Å².